The number of nitrogens with zero attached hydrogens (tertiary/aromatic N) is 2. The number of likely N-dealkylation sites (N-methyl/N-ethyl adjacent to an activating group) is 1. The summed E-state index contributed by atoms with van der Waals surface area (Å²) < 4.78 is 5.38. The Morgan fingerprint density at radius 1 is 1.58 bits per heavy atom. The highest BCUT2D eigenvalue weighted by molar-refractivity contribution is 5.78. The van der Waals surface area contributed by atoms with Crippen molar-refractivity contribution in [2.45, 2.75) is 12.5 Å². The van der Waals surface area contributed by atoms with Crippen molar-refractivity contribution in [1.29, 1.82) is 5.26 Å². The van der Waals surface area contributed by atoms with Gasteiger partial charge in [0.05, 0.1) is 5.56 Å². The molecular formula is C14H17N3O2. The van der Waals surface area contributed by atoms with E-state index in [4.69, 9.17) is 10.00 Å². The van der Waals surface area contributed by atoms with E-state index in [1.165, 1.54) is 0 Å². The van der Waals surface area contributed by atoms with E-state index in [2.05, 4.69) is 10.2 Å². The van der Waals surface area contributed by atoms with Crippen LogP contribution in [0.5, 0.6) is 5.75 Å². The fourth-order valence-corrected chi connectivity index (χ4v) is 2.15. The van der Waals surface area contributed by atoms with Crippen LogP contribution in [0, 0.1) is 11.3 Å². The number of benzene rings is 1. The number of rotatable bonds is 4. The predicted molar refractivity (Wildman–Crippen MR) is 70.7 cm³/mol. The molecule has 0 aliphatic carbocycles. The molecule has 1 saturated heterocycles. The second-order valence-electron chi connectivity index (χ2n) is 4.71. The van der Waals surface area contributed by atoms with Crippen molar-refractivity contribution in [3.63, 3.8) is 0 Å². The number of nitrogens with one attached hydrogen (secondary N) is 1. The summed E-state index contributed by atoms with van der Waals surface area (Å²) in [6, 6.07) is 9.13. The number of likely N-dealkylation sites (tertiary alicyclic amines) is 1. The minimum atomic E-state index is -0.145. The molecule has 19 heavy (non-hydrogen) atoms. The van der Waals surface area contributed by atoms with Crippen molar-refractivity contribution in [2.24, 2.45) is 0 Å². The highest BCUT2D eigenvalue weighted by Crippen LogP contribution is 2.16. The van der Waals surface area contributed by atoms with E-state index in [-0.39, 0.29) is 18.6 Å². The van der Waals surface area contributed by atoms with E-state index < -0.39 is 0 Å². The van der Waals surface area contributed by atoms with Crippen LogP contribution in [-0.2, 0) is 4.79 Å². The lowest BCUT2D eigenvalue weighted by Gasteiger charge is -2.13. The summed E-state index contributed by atoms with van der Waals surface area (Å²) in [5, 5.41) is 11.8. The maximum absolute atomic E-state index is 11.7. The van der Waals surface area contributed by atoms with Crippen LogP contribution in [0.25, 0.3) is 0 Å². The van der Waals surface area contributed by atoms with Gasteiger partial charge < -0.3 is 15.0 Å². The van der Waals surface area contributed by atoms with Gasteiger partial charge in [-0.05, 0) is 32.1 Å². The number of para-hydroxylation sites is 1. The molecule has 1 N–H and O–H groups in total. The van der Waals surface area contributed by atoms with Crippen LogP contribution >= 0.6 is 0 Å². The van der Waals surface area contributed by atoms with Crippen LogP contribution in [0.2, 0.25) is 0 Å². The molecule has 1 atom stereocenters. The SMILES string of the molecule is CN1CCC(NC(=O)COc2ccccc2C#N)C1. The molecule has 100 valence electrons. The second-order valence-corrected chi connectivity index (χ2v) is 4.71. The number of nitriles is 1. The first kappa shape index (κ1) is 13.4. The van der Waals surface area contributed by atoms with Crippen LogP contribution in [0.3, 0.4) is 0 Å². The largest absolute Gasteiger partial charge is 0.482 e. The van der Waals surface area contributed by atoms with Gasteiger partial charge in [0.1, 0.15) is 11.8 Å². The number of carbonyl (C=O) groups is 1. The normalized spacial score (nSPS) is 18.8. The maximum Gasteiger partial charge on any atom is 0.258 e. The molecule has 0 saturated carbocycles. The molecular weight excluding hydrogens is 242 g/mol. The molecule has 1 aliphatic heterocycles. The average molecular weight is 259 g/mol. The Labute approximate surface area is 112 Å². The van der Waals surface area contributed by atoms with Gasteiger partial charge in [-0.15, -0.1) is 0 Å². The number of carbonyl (C=O) groups excluding carboxylic acids is 1. The molecule has 5 heteroatoms. The zero-order chi connectivity index (χ0) is 13.7. The van der Waals surface area contributed by atoms with Gasteiger partial charge >= 0.3 is 0 Å². The molecule has 1 heterocycles. The van der Waals surface area contributed by atoms with Gasteiger partial charge in [0.25, 0.3) is 5.91 Å². The van der Waals surface area contributed by atoms with Crippen molar-refractivity contribution in [3.05, 3.63) is 29.8 Å². The summed E-state index contributed by atoms with van der Waals surface area (Å²) in [6.45, 7) is 1.82. The highest BCUT2D eigenvalue weighted by Gasteiger charge is 2.21. The van der Waals surface area contributed by atoms with Crippen LogP contribution in [0.4, 0.5) is 0 Å². The molecule has 5 nitrogen and oxygen atoms in total. The zero-order valence-corrected chi connectivity index (χ0v) is 10.9. The molecule has 0 radical (unpaired) electrons. The standard InChI is InChI=1S/C14H17N3O2/c1-17-7-6-12(9-17)16-14(18)10-19-13-5-3-2-4-11(13)8-15/h2-5,12H,6-7,9-10H2,1H3,(H,16,18). The van der Waals surface area contributed by atoms with Crippen LogP contribution < -0.4 is 10.1 Å². The quantitative estimate of drug-likeness (QED) is 0.867. The lowest BCUT2D eigenvalue weighted by atomic mass is 10.2. The van der Waals surface area contributed by atoms with Gasteiger partial charge in [0.2, 0.25) is 0 Å². The Hall–Kier alpha value is -2.06. The molecule has 1 fully saturated rings. The topological polar surface area (TPSA) is 65.4 Å². The third-order valence-electron chi connectivity index (χ3n) is 3.12. The minimum absolute atomic E-state index is 0.0566. The third kappa shape index (κ3) is 3.70. The fourth-order valence-electron chi connectivity index (χ4n) is 2.15. The van der Waals surface area contributed by atoms with Crippen molar-refractivity contribution in [1.82, 2.24) is 10.2 Å². The second kappa shape index (κ2) is 6.21. The number of hydrogen-bond donors (Lipinski definition) is 1. The molecule has 1 aromatic rings. The fraction of sp³-hybridized carbons (Fsp3) is 0.429. The Morgan fingerprint density at radius 2 is 2.37 bits per heavy atom. The van der Waals surface area contributed by atoms with E-state index in [9.17, 15) is 4.79 Å². The Kier molecular flexibility index (Phi) is 4.37. The number of amides is 1. The van der Waals surface area contributed by atoms with E-state index in [1.807, 2.05) is 13.1 Å². The molecule has 0 bridgehead atoms. The van der Waals surface area contributed by atoms with Crippen molar-refractivity contribution >= 4 is 5.91 Å². The Balaban J connectivity index is 1.82. The molecule has 0 aromatic heterocycles. The summed E-state index contributed by atoms with van der Waals surface area (Å²) in [5.41, 5.74) is 0.441. The van der Waals surface area contributed by atoms with Gasteiger partial charge in [0, 0.05) is 12.6 Å². The summed E-state index contributed by atoms with van der Waals surface area (Å²) in [7, 11) is 2.03. The average Bonchev–Trinajstić information content (AvgIpc) is 2.82. The van der Waals surface area contributed by atoms with E-state index in [0.717, 1.165) is 19.5 Å². The predicted octanol–water partition coefficient (Wildman–Crippen LogP) is 0.757. The van der Waals surface area contributed by atoms with Crippen molar-refractivity contribution in [2.75, 3.05) is 26.7 Å². The Morgan fingerprint density at radius 3 is 3.05 bits per heavy atom. The maximum atomic E-state index is 11.7. The Bertz CT molecular complexity index is 496. The van der Waals surface area contributed by atoms with Gasteiger partial charge in [-0.25, -0.2) is 0 Å². The first-order valence-corrected chi connectivity index (χ1v) is 6.29. The smallest absolute Gasteiger partial charge is 0.258 e. The highest BCUT2D eigenvalue weighted by atomic mass is 16.5. The first-order valence-electron chi connectivity index (χ1n) is 6.29. The molecule has 2 rings (SSSR count). The van der Waals surface area contributed by atoms with Gasteiger partial charge in [-0.2, -0.15) is 5.26 Å². The minimum Gasteiger partial charge on any atom is -0.482 e. The number of hydrogen-bond acceptors (Lipinski definition) is 4. The van der Waals surface area contributed by atoms with Crippen molar-refractivity contribution < 1.29 is 9.53 Å². The van der Waals surface area contributed by atoms with E-state index in [0.29, 0.717) is 11.3 Å². The first-order chi connectivity index (χ1) is 9.19. The molecule has 1 aromatic carbocycles. The summed E-state index contributed by atoms with van der Waals surface area (Å²) in [4.78, 5) is 13.9. The van der Waals surface area contributed by atoms with Crippen LogP contribution in [0.15, 0.2) is 24.3 Å². The lowest BCUT2D eigenvalue weighted by Crippen LogP contribution is -2.39. The monoisotopic (exact) mass is 259 g/mol. The van der Waals surface area contributed by atoms with Crippen LogP contribution in [-0.4, -0.2) is 43.6 Å². The van der Waals surface area contributed by atoms with E-state index >= 15 is 0 Å². The van der Waals surface area contributed by atoms with Crippen LogP contribution in [0.1, 0.15) is 12.0 Å². The zero-order valence-electron chi connectivity index (χ0n) is 10.9. The number of ether oxygens (including phenoxy) is 1. The molecule has 1 aliphatic rings. The van der Waals surface area contributed by atoms with E-state index in [1.54, 1.807) is 24.3 Å². The third-order valence-corrected chi connectivity index (χ3v) is 3.12. The van der Waals surface area contributed by atoms with Gasteiger partial charge in [0.15, 0.2) is 6.61 Å². The molecule has 1 unspecified atom stereocenters. The summed E-state index contributed by atoms with van der Waals surface area (Å²) in [6.07, 6.45) is 0.969. The summed E-state index contributed by atoms with van der Waals surface area (Å²) >= 11 is 0. The van der Waals surface area contributed by atoms with Gasteiger partial charge in [-0.1, -0.05) is 12.1 Å². The van der Waals surface area contributed by atoms with Gasteiger partial charge in [-0.3, -0.25) is 4.79 Å². The molecule has 1 amide bonds. The van der Waals surface area contributed by atoms with Crippen molar-refractivity contribution in [3.8, 4) is 11.8 Å². The summed E-state index contributed by atoms with van der Waals surface area (Å²) in [5.74, 6) is 0.303. The lowest BCUT2D eigenvalue weighted by molar-refractivity contribution is -0.123. The molecule has 0 spiro atoms.